The zero-order chi connectivity index (χ0) is 14.8. The minimum Gasteiger partial charge on any atom is -0.480 e. The summed E-state index contributed by atoms with van der Waals surface area (Å²) in [6, 6.07) is 6.43. The van der Waals surface area contributed by atoms with Crippen molar-refractivity contribution < 1.29 is 14.7 Å². The lowest BCUT2D eigenvalue weighted by atomic mass is 9.63. The summed E-state index contributed by atoms with van der Waals surface area (Å²) in [6.07, 6.45) is 2.79. The molecule has 0 aromatic heterocycles. The Kier molecular flexibility index (Phi) is 4.33. The number of hydrogen-bond acceptors (Lipinski definition) is 2. The van der Waals surface area contributed by atoms with Gasteiger partial charge in [-0.25, -0.2) is 4.79 Å². The van der Waals surface area contributed by atoms with Crippen LogP contribution in [0, 0.1) is 0 Å². The van der Waals surface area contributed by atoms with Crippen LogP contribution in [0.15, 0.2) is 24.3 Å². The molecule has 0 unspecified atom stereocenters. The second-order valence-corrected chi connectivity index (χ2v) is 5.65. The minimum absolute atomic E-state index is 0.208. The molecule has 0 radical (unpaired) electrons. The topological polar surface area (TPSA) is 66.4 Å². The molecular weight excluding hydrogens is 278 g/mol. The van der Waals surface area contributed by atoms with Crippen molar-refractivity contribution in [3.63, 3.8) is 0 Å². The van der Waals surface area contributed by atoms with E-state index in [2.05, 4.69) is 5.32 Å². The SMILES string of the molecule is CC[C@H](NC(=O)C1(c2cccc(Cl)c2)CCC1)C(=O)O. The average molecular weight is 296 g/mol. The Morgan fingerprint density at radius 3 is 2.60 bits per heavy atom. The highest BCUT2D eigenvalue weighted by molar-refractivity contribution is 6.30. The number of carboxylic acid groups (broad SMARTS) is 1. The van der Waals surface area contributed by atoms with Gasteiger partial charge in [-0.2, -0.15) is 0 Å². The van der Waals surface area contributed by atoms with E-state index < -0.39 is 17.4 Å². The summed E-state index contributed by atoms with van der Waals surface area (Å²) in [7, 11) is 0. The van der Waals surface area contributed by atoms with Gasteiger partial charge >= 0.3 is 5.97 Å². The van der Waals surface area contributed by atoms with Gasteiger partial charge in [-0.05, 0) is 37.0 Å². The van der Waals surface area contributed by atoms with Crippen molar-refractivity contribution in [2.24, 2.45) is 0 Å². The fourth-order valence-corrected chi connectivity index (χ4v) is 2.79. The zero-order valence-corrected chi connectivity index (χ0v) is 12.1. The molecule has 1 saturated carbocycles. The number of benzene rings is 1. The highest BCUT2D eigenvalue weighted by Gasteiger charge is 2.46. The summed E-state index contributed by atoms with van der Waals surface area (Å²) >= 11 is 5.99. The molecule has 0 saturated heterocycles. The standard InChI is InChI=1S/C15H18ClNO3/c1-2-12(13(18)19)17-14(20)15(7-4-8-15)10-5-3-6-11(16)9-10/h3,5-6,9,12H,2,4,7-8H2,1H3,(H,17,20)(H,18,19)/t12-/m0/s1. The third-order valence-electron chi connectivity index (χ3n) is 4.03. The van der Waals surface area contributed by atoms with Crippen LogP contribution in [0.5, 0.6) is 0 Å². The summed E-state index contributed by atoms with van der Waals surface area (Å²) in [5.41, 5.74) is 0.252. The van der Waals surface area contributed by atoms with Gasteiger partial charge in [0, 0.05) is 5.02 Å². The molecule has 0 spiro atoms. The van der Waals surface area contributed by atoms with Crippen LogP contribution in [0.2, 0.25) is 5.02 Å². The third-order valence-corrected chi connectivity index (χ3v) is 4.27. The number of nitrogens with one attached hydrogen (secondary N) is 1. The van der Waals surface area contributed by atoms with E-state index >= 15 is 0 Å². The third kappa shape index (κ3) is 2.66. The summed E-state index contributed by atoms with van der Waals surface area (Å²) in [5, 5.41) is 12.3. The van der Waals surface area contributed by atoms with Gasteiger partial charge in [0.15, 0.2) is 0 Å². The Bertz CT molecular complexity index is 526. The number of carboxylic acids is 1. The van der Waals surface area contributed by atoms with Crippen molar-refractivity contribution in [3.8, 4) is 0 Å². The largest absolute Gasteiger partial charge is 0.480 e. The predicted octanol–water partition coefficient (Wildman–Crippen LogP) is 2.74. The smallest absolute Gasteiger partial charge is 0.326 e. The number of carbonyl (C=O) groups is 2. The van der Waals surface area contributed by atoms with Gasteiger partial charge in [0.1, 0.15) is 6.04 Å². The lowest BCUT2D eigenvalue weighted by Gasteiger charge is -2.41. The predicted molar refractivity (Wildman–Crippen MR) is 76.8 cm³/mol. The Balaban J connectivity index is 2.23. The van der Waals surface area contributed by atoms with Crippen LogP contribution in [0.4, 0.5) is 0 Å². The van der Waals surface area contributed by atoms with Gasteiger partial charge in [0.2, 0.25) is 5.91 Å². The summed E-state index contributed by atoms with van der Waals surface area (Å²) < 4.78 is 0. The maximum atomic E-state index is 12.5. The molecule has 1 aliphatic carbocycles. The van der Waals surface area contributed by atoms with Gasteiger partial charge in [-0.3, -0.25) is 4.79 Å². The molecule has 1 atom stereocenters. The normalized spacial score (nSPS) is 17.9. The molecule has 1 aromatic carbocycles. The van der Waals surface area contributed by atoms with Crippen LogP contribution in [0.1, 0.15) is 38.2 Å². The van der Waals surface area contributed by atoms with E-state index in [9.17, 15) is 9.59 Å². The second kappa shape index (κ2) is 5.83. The molecule has 1 aromatic rings. The van der Waals surface area contributed by atoms with Crippen LogP contribution in [-0.2, 0) is 15.0 Å². The molecule has 0 aliphatic heterocycles. The summed E-state index contributed by atoms with van der Waals surface area (Å²) in [6.45, 7) is 1.74. The maximum Gasteiger partial charge on any atom is 0.326 e. The quantitative estimate of drug-likeness (QED) is 0.878. The molecule has 4 nitrogen and oxygen atoms in total. The van der Waals surface area contributed by atoms with E-state index in [1.807, 2.05) is 12.1 Å². The fraction of sp³-hybridized carbons (Fsp3) is 0.467. The van der Waals surface area contributed by atoms with Crippen molar-refractivity contribution in [3.05, 3.63) is 34.9 Å². The van der Waals surface area contributed by atoms with Crippen molar-refractivity contribution >= 4 is 23.5 Å². The molecule has 0 bridgehead atoms. The Morgan fingerprint density at radius 1 is 1.45 bits per heavy atom. The van der Waals surface area contributed by atoms with Gasteiger partial charge in [0.25, 0.3) is 0 Å². The Hall–Kier alpha value is -1.55. The second-order valence-electron chi connectivity index (χ2n) is 5.22. The van der Waals surface area contributed by atoms with Gasteiger partial charge in [-0.15, -0.1) is 0 Å². The molecule has 5 heteroatoms. The molecule has 108 valence electrons. The minimum atomic E-state index is -0.999. The van der Waals surface area contributed by atoms with E-state index in [-0.39, 0.29) is 5.91 Å². The fourth-order valence-electron chi connectivity index (χ4n) is 2.60. The molecule has 2 N–H and O–H groups in total. The number of amides is 1. The number of halogens is 1. The molecule has 0 heterocycles. The lowest BCUT2D eigenvalue weighted by Crippen LogP contribution is -2.53. The lowest BCUT2D eigenvalue weighted by molar-refractivity contribution is -0.143. The zero-order valence-electron chi connectivity index (χ0n) is 11.4. The van der Waals surface area contributed by atoms with Crippen LogP contribution < -0.4 is 5.32 Å². The first-order chi connectivity index (χ1) is 9.49. The monoisotopic (exact) mass is 295 g/mol. The van der Waals surface area contributed by atoms with Crippen LogP contribution in [0.3, 0.4) is 0 Å². The molecule has 1 amide bonds. The van der Waals surface area contributed by atoms with Crippen molar-refractivity contribution in [1.82, 2.24) is 5.32 Å². The summed E-state index contributed by atoms with van der Waals surface area (Å²) in [4.78, 5) is 23.6. The van der Waals surface area contributed by atoms with Gasteiger partial charge < -0.3 is 10.4 Å². The average Bonchev–Trinajstić information content (AvgIpc) is 2.34. The van der Waals surface area contributed by atoms with Crippen LogP contribution in [0.25, 0.3) is 0 Å². The van der Waals surface area contributed by atoms with Crippen molar-refractivity contribution in [1.29, 1.82) is 0 Å². The molecule has 1 fully saturated rings. The van der Waals surface area contributed by atoms with Crippen molar-refractivity contribution in [2.45, 2.75) is 44.1 Å². The highest BCUT2D eigenvalue weighted by atomic mass is 35.5. The first kappa shape index (κ1) is 14.9. The first-order valence-electron chi connectivity index (χ1n) is 6.79. The number of rotatable bonds is 5. The van der Waals surface area contributed by atoms with Crippen LogP contribution >= 0.6 is 11.6 Å². The van der Waals surface area contributed by atoms with Gasteiger partial charge in [0.05, 0.1) is 5.41 Å². The van der Waals surface area contributed by atoms with E-state index in [4.69, 9.17) is 16.7 Å². The molecule has 2 rings (SSSR count). The van der Waals surface area contributed by atoms with E-state index in [0.717, 1.165) is 24.8 Å². The molecule has 20 heavy (non-hydrogen) atoms. The van der Waals surface area contributed by atoms with E-state index in [0.29, 0.717) is 11.4 Å². The molecule has 1 aliphatic rings. The Labute approximate surface area is 123 Å². The van der Waals surface area contributed by atoms with E-state index in [1.54, 1.807) is 19.1 Å². The number of hydrogen-bond donors (Lipinski definition) is 2. The van der Waals surface area contributed by atoms with Crippen LogP contribution in [-0.4, -0.2) is 23.0 Å². The highest BCUT2D eigenvalue weighted by Crippen LogP contribution is 2.44. The maximum absolute atomic E-state index is 12.5. The number of carbonyl (C=O) groups excluding carboxylic acids is 1. The van der Waals surface area contributed by atoms with Crippen molar-refractivity contribution in [2.75, 3.05) is 0 Å². The Morgan fingerprint density at radius 2 is 2.15 bits per heavy atom. The van der Waals surface area contributed by atoms with E-state index in [1.165, 1.54) is 0 Å². The number of aliphatic carboxylic acids is 1. The molecular formula is C15H18ClNO3. The summed E-state index contributed by atoms with van der Waals surface area (Å²) in [5.74, 6) is -1.21. The van der Waals surface area contributed by atoms with Gasteiger partial charge in [-0.1, -0.05) is 37.1 Å². The first-order valence-corrected chi connectivity index (χ1v) is 7.17.